The first kappa shape index (κ1) is 22.4. The molecular formula is C18H16F6N4O3. The van der Waals surface area contributed by atoms with E-state index >= 15 is 0 Å². The molecule has 2 aromatic rings. The predicted molar refractivity (Wildman–Crippen MR) is 96.8 cm³/mol. The summed E-state index contributed by atoms with van der Waals surface area (Å²) < 4.78 is 85.0. The van der Waals surface area contributed by atoms with Crippen LogP contribution in [0.2, 0.25) is 0 Å². The third-order valence-electron chi connectivity index (χ3n) is 4.18. The zero-order valence-electron chi connectivity index (χ0n) is 15.9. The van der Waals surface area contributed by atoms with Crippen LogP contribution in [0.1, 0.15) is 18.5 Å². The minimum atomic E-state index is -4.68. The van der Waals surface area contributed by atoms with E-state index in [0.717, 1.165) is 22.8 Å². The maximum Gasteiger partial charge on any atom is 0.422 e. The molecule has 0 spiro atoms. The maximum atomic E-state index is 12.7. The Kier molecular flexibility index (Phi) is 6.13. The summed E-state index contributed by atoms with van der Waals surface area (Å²) in [5.41, 5.74) is 2.79. The molecule has 1 aromatic heterocycles. The fourth-order valence-electron chi connectivity index (χ4n) is 2.80. The summed E-state index contributed by atoms with van der Waals surface area (Å²) in [4.78, 5) is 16.8. The summed E-state index contributed by atoms with van der Waals surface area (Å²) >= 11 is 0. The summed E-state index contributed by atoms with van der Waals surface area (Å²) in [5.74, 6) is -0.561. The van der Waals surface area contributed by atoms with Crippen molar-refractivity contribution >= 4 is 5.71 Å². The Balaban J connectivity index is 1.96. The number of nitrogens with zero attached hydrogens (tertiary/aromatic N) is 3. The van der Waals surface area contributed by atoms with E-state index in [9.17, 15) is 31.1 Å². The molecule has 0 fully saturated rings. The number of aromatic nitrogens is 2. The molecule has 1 aliphatic heterocycles. The highest BCUT2D eigenvalue weighted by atomic mass is 19.4. The molecule has 0 saturated carbocycles. The molecule has 1 unspecified atom stereocenters. The summed E-state index contributed by atoms with van der Waals surface area (Å²) in [6.07, 6.45) is -9.22. The fraction of sp³-hybridized carbons (Fsp3) is 0.389. The third-order valence-corrected chi connectivity index (χ3v) is 4.18. The highest BCUT2D eigenvalue weighted by Crippen LogP contribution is 2.25. The highest BCUT2D eigenvalue weighted by Gasteiger charge is 2.31. The van der Waals surface area contributed by atoms with Crippen LogP contribution in [0.3, 0.4) is 0 Å². The number of benzene rings is 1. The van der Waals surface area contributed by atoms with Crippen LogP contribution in [0.5, 0.6) is 11.8 Å². The molecule has 1 aliphatic rings. The summed E-state index contributed by atoms with van der Waals surface area (Å²) in [7, 11) is 0. The van der Waals surface area contributed by atoms with Gasteiger partial charge in [-0.3, -0.25) is 4.79 Å². The van der Waals surface area contributed by atoms with Crippen LogP contribution in [0.15, 0.2) is 40.2 Å². The SMILES string of the molecule is CC1=NNCC1c1cc(=O)n(-c2ccc(OCC(F)(F)F)cc2)c(OCC(F)(F)F)n1. The first-order chi connectivity index (χ1) is 14.4. The zero-order valence-corrected chi connectivity index (χ0v) is 15.9. The van der Waals surface area contributed by atoms with Crippen molar-refractivity contribution in [3.05, 3.63) is 46.4 Å². The normalized spacial score (nSPS) is 16.6. The molecule has 0 radical (unpaired) electrons. The molecule has 2 heterocycles. The van der Waals surface area contributed by atoms with Gasteiger partial charge in [-0.15, -0.1) is 0 Å². The average Bonchev–Trinajstić information content (AvgIpc) is 3.10. The number of nitrogens with one attached hydrogen (secondary N) is 1. The molecule has 7 nitrogen and oxygen atoms in total. The number of rotatable bonds is 6. The van der Waals surface area contributed by atoms with E-state index in [1.54, 1.807) is 6.92 Å². The van der Waals surface area contributed by atoms with Gasteiger partial charge in [0.2, 0.25) is 0 Å². The summed E-state index contributed by atoms with van der Waals surface area (Å²) in [6.45, 7) is -1.22. The number of hydrogen-bond acceptors (Lipinski definition) is 6. The number of hydrogen-bond donors (Lipinski definition) is 1. The lowest BCUT2D eigenvalue weighted by atomic mass is 10.0. The second-order valence-corrected chi connectivity index (χ2v) is 6.61. The second kappa shape index (κ2) is 8.47. The molecule has 1 aromatic carbocycles. The minimum absolute atomic E-state index is 0.0375. The van der Waals surface area contributed by atoms with Gasteiger partial charge in [0.25, 0.3) is 5.56 Å². The summed E-state index contributed by atoms with van der Waals surface area (Å²) in [5, 5.41) is 3.97. The van der Waals surface area contributed by atoms with Gasteiger partial charge in [0.15, 0.2) is 13.2 Å². The Bertz CT molecular complexity index is 1010. The van der Waals surface area contributed by atoms with Gasteiger partial charge >= 0.3 is 18.4 Å². The van der Waals surface area contributed by atoms with Crippen molar-refractivity contribution in [2.45, 2.75) is 25.2 Å². The Morgan fingerprint density at radius 1 is 1.06 bits per heavy atom. The molecule has 1 atom stereocenters. The molecule has 168 valence electrons. The standard InChI is InChI=1S/C18H16F6N4O3/c1-10-13(7-25-27-10)14-6-15(29)28(16(26-14)31-9-18(22,23)24)11-2-4-12(5-3-11)30-8-17(19,20)21/h2-6,13,25H,7-9H2,1H3. The van der Waals surface area contributed by atoms with Crippen molar-refractivity contribution in [2.75, 3.05) is 19.8 Å². The fourth-order valence-corrected chi connectivity index (χ4v) is 2.80. The largest absolute Gasteiger partial charge is 0.484 e. The molecule has 31 heavy (non-hydrogen) atoms. The van der Waals surface area contributed by atoms with E-state index in [2.05, 4.69) is 20.2 Å². The van der Waals surface area contributed by atoms with Gasteiger partial charge in [0.1, 0.15) is 5.75 Å². The molecule has 0 amide bonds. The molecule has 0 bridgehead atoms. The van der Waals surface area contributed by atoms with E-state index in [0.29, 0.717) is 12.3 Å². The number of halogens is 6. The average molecular weight is 450 g/mol. The minimum Gasteiger partial charge on any atom is -0.484 e. The lowest BCUT2D eigenvalue weighted by Gasteiger charge is -2.17. The number of alkyl halides is 6. The van der Waals surface area contributed by atoms with Crippen molar-refractivity contribution < 1.29 is 35.8 Å². The lowest BCUT2D eigenvalue weighted by molar-refractivity contribution is -0.155. The first-order valence-electron chi connectivity index (χ1n) is 8.83. The summed E-state index contributed by atoms with van der Waals surface area (Å²) in [6, 6.07) is 5.24. The number of hydrazone groups is 1. The van der Waals surface area contributed by atoms with Crippen molar-refractivity contribution in [1.82, 2.24) is 15.0 Å². The molecule has 3 rings (SSSR count). The smallest absolute Gasteiger partial charge is 0.422 e. The molecule has 0 saturated heterocycles. The Morgan fingerprint density at radius 2 is 1.68 bits per heavy atom. The molecule has 1 N–H and O–H groups in total. The predicted octanol–water partition coefficient (Wildman–Crippen LogP) is 3.18. The van der Waals surface area contributed by atoms with Crippen molar-refractivity contribution in [3.63, 3.8) is 0 Å². The van der Waals surface area contributed by atoms with Gasteiger partial charge in [0.05, 0.1) is 17.3 Å². The van der Waals surface area contributed by atoms with Crippen LogP contribution in [0.4, 0.5) is 26.3 Å². The topological polar surface area (TPSA) is 77.7 Å². The van der Waals surface area contributed by atoms with E-state index < -0.39 is 43.1 Å². The van der Waals surface area contributed by atoms with Crippen LogP contribution in [0.25, 0.3) is 5.69 Å². The van der Waals surface area contributed by atoms with Crippen molar-refractivity contribution in [3.8, 4) is 17.4 Å². The molecular weight excluding hydrogens is 434 g/mol. The third kappa shape index (κ3) is 5.89. The van der Waals surface area contributed by atoms with Gasteiger partial charge < -0.3 is 14.9 Å². The second-order valence-electron chi connectivity index (χ2n) is 6.61. The number of ether oxygens (including phenoxy) is 2. The Hall–Kier alpha value is -3.25. The van der Waals surface area contributed by atoms with E-state index in [1.807, 2.05) is 0 Å². The van der Waals surface area contributed by atoms with Gasteiger partial charge in [0, 0.05) is 18.3 Å². The van der Waals surface area contributed by atoms with Crippen LogP contribution in [-0.4, -0.2) is 47.4 Å². The van der Waals surface area contributed by atoms with Crippen LogP contribution >= 0.6 is 0 Å². The Labute approximate surface area is 171 Å². The van der Waals surface area contributed by atoms with Crippen molar-refractivity contribution in [2.24, 2.45) is 5.10 Å². The highest BCUT2D eigenvalue weighted by molar-refractivity contribution is 5.89. The monoisotopic (exact) mass is 450 g/mol. The lowest BCUT2D eigenvalue weighted by Crippen LogP contribution is -2.28. The van der Waals surface area contributed by atoms with Crippen LogP contribution < -0.4 is 20.5 Å². The Morgan fingerprint density at radius 3 is 2.23 bits per heavy atom. The van der Waals surface area contributed by atoms with Gasteiger partial charge in [-0.25, -0.2) is 9.55 Å². The maximum absolute atomic E-state index is 12.7. The van der Waals surface area contributed by atoms with Crippen LogP contribution in [-0.2, 0) is 0 Å². The van der Waals surface area contributed by atoms with E-state index in [-0.39, 0.29) is 17.1 Å². The van der Waals surface area contributed by atoms with Crippen LogP contribution in [0, 0.1) is 0 Å². The van der Waals surface area contributed by atoms with Gasteiger partial charge in [-0.1, -0.05) is 0 Å². The van der Waals surface area contributed by atoms with Gasteiger partial charge in [-0.2, -0.15) is 31.4 Å². The van der Waals surface area contributed by atoms with Crippen molar-refractivity contribution in [1.29, 1.82) is 0 Å². The first-order valence-corrected chi connectivity index (χ1v) is 8.83. The molecule has 0 aliphatic carbocycles. The van der Waals surface area contributed by atoms with E-state index in [1.165, 1.54) is 12.1 Å². The quantitative estimate of drug-likeness (QED) is 0.685. The zero-order chi connectivity index (χ0) is 22.8. The van der Waals surface area contributed by atoms with E-state index in [4.69, 9.17) is 4.74 Å². The molecule has 13 heteroatoms. The van der Waals surface area contributed by atoms with Gasteiger partial charge in [-0.05, 0) is 31.2 Å².